The fourth-order valence-electron chi connectivity index (χ4n) is 2.55. The summed E-state index contributed by atoms with van der Waals surface area (Å²) in [6, 6.07) is 0.508. The van der Waals surface area contributed by atoms with Gasteiger partial charge in [0.1, 0.15) is 5.82 Å². The number of halogens is 1. The van der Waals surface area contributed by atoms with E-state index in [4.69, 9.17) is 0 Å². The van der Waals surface area contributed by atoms with Crippen LogP contribution in [-0.4, -0.2) is 24.1 Å². The van der Waals surface area contributed by atoms with E-state index in [1.807, 2.05) is 0 Å². The van der Waals surface area contributed by atoms with Gasteiger partial charge in [0.05, 0.1) is 11.7 Å². The van der Waals surface area contributed by atoms with Crippen LogP contribution in [0.5, 0.6) is 0 Å². The molecule has 106 valence electrons. The van der Waals surface area contributed by atoms with Crippen molar-refractivity contribution in [1.29, 1.82) is 0 Å². The molecule has 1 aliphatic rings. The Labute approximate surface area is 115 Å². The standard InChI is InChI=1S/C14H15FN2O3/c1-7-9-3-4-11(17-8(2)19)14(20)13(9)12(16-6-18)5-10(7)15/h5-6,11H,3-4H2,1-2H3,(H,16,18)(H,17,19). The van der Waals surface area contributed by atoms with Crippen molar-refractivity contribution in [2.75, 3.05) is 5.32 Å². The SMILES string of the molecule is CC(=O)NC1CCc2c(C)c(F)cc(NC=O)c2C1=O. The van der Waals surface area contributed by atoms with E-state index >= 15 is 0 Å². The number of hydrogen-bond donors (Lipinski definition) is 2. The molecule has 1 atom stereocenters. The second-order valence-electron chi connectivity index (χ2n) is 4.80. The largest absolute Gasteiger partial charge is 0.346 e. The number of carbonyl (C=O) groups excluding carboxylic acids is 3. The first-order valence-corrected chi connectivity index (χ1v) is 6.29. The summed E-state index contributed by atoms with van der Waals surface area (Å²) in [5.74, 6) is -1.05. The van der Waals surface area contributed by atoms with Crippen LogP contribution in [-0.2, 0) is 16.0 Å². The maximum absolute atomic E-state index is 13.8. The zero-order chi connectivity index (χ0) is 14.9. The van der Waals surface area contributed by atoms with E-state index in [9.17, 15) is 18.8 Å². The van der Waals surface area contributed by atoms with Crippen LogP contribution in [0.25, 0.3) is 0 Å². The fraction of sp³-hybridized carbons (Fsp3) is 0.357. The smallest absolute Gasteiger partial charge is 0.217 e. The van der Waals surface area contributed by atoms with Crippen LogP contribution in [0.3, 0.4) is 0 Å². The average Bonchev–Trinajstić information content (AvgIpc) is 2.38. The number of carbonyl (C=O) groups is 3. The molecule has 1 unspecified atom stereocenters. The minimum absolute atomic E-state index is 0.151. The van der Waals surface area contributed by atoms with E-state index in [2.05, 4.69) is 10.6 Å². The molecular weight excluding hydrogens is 263 g/mol. The molecule has 1 aromatic rings. The molecule has 0 radical (unpaired) electrons. The molecular formula is C14H15FN2O3. The average molecular weight is 278 g/mol. The quantitative estimate of drug-likeness (QED) is 0.819. The first-order valence-electron chi connectivity index (χ1n) is 6.29. The van der Waals surface area contributed by atoms with Crippen molar-refractivity contribution in [2.24, 2.45) is 0 Å². The highest BCUT2D eigenvalue weighted by atomic mass is 19.1. The first-order chi connectivity index (χ1) is 9.45. The van der Waals surface area contributed by atoms with Gasteiger partial charge in [-0.1, -0.05) is 0 Å². The van der Waals surface area contributed by atoms with Crippen LogP contribution in [0.15, 0.2) is 6.07 Å². The van der Waals surface area contributed by atoms with Crippen molar-refractivity contribution in [2.45, 2.75) is 32.7 Å². The predicted octanol–water partition coefficient (Wildman–Crippen LogP) is 1.34. The molecule has 1 aromatic carbocycles. The Morgan fingerprint density at radius 3 is 2.80 bits per heavy atom. The molecule has 0 heterocycles. The fourth-order valence-corrected chi connectivity index (χ4v) is 2.55. The van der Waals surface area contributed by atoms with Crippen LogP contribution in [0.2, 0.25) is 0 Å². The van der Waals surface area contributed by atoms with Crippen molar-refractivity contribution in [3.8, 4) is 0 Å². The molecule has 0 saturated heterocycles. The lowest BCUT2D eigenvalue weighted by molar-refractivity contribution is -0.119. The number of nitrogens with one attached hydrogen (secondary N) is 2. The second-order valence-corrected chi connectivity index (χ2v) is 4.80. The van der Waals surface area contributed by atoms with Gasteiger partial charge in [0, 0.05) is 12.5 Å². The van der Waals surface area contributed by atoms with Gasteiger partial charge in [-0.05, 0) is 37.0 Å². The maximum atomic E-state index is 13.8. The van der Waals surface area contributed by atoms with Crippen LogP contribution in [0.4, 0.5) is 10.1 Å². The third-order valence-electron chi connectivity index (χ3n) is 3.49. The van der Waals surface area contributed by atoms with E-state index in [-0.39, 0.29) is 17.4 Å². The van der Waals surface area contributed by atoms with E-state index < -0.39 is 11.9 Å². The highest BCUT2D eigenvalue weighted by molar-refractivity contribution is 6.09. The third kappa shape index (κ3) is 2.41. The van der Waals surface area contributed by atoms with Crippen LogP contribution in [0.1, 0.15) is 34.8 Å². The molecule has 0 aliphatic heterocycles. The Bertz CT molecular complexity index is 599. The van der Waals surface area contributed by atoms with E-state index in [1.54, 1.807) is 6.92 Å². The summed E-state index contributed by atoms with van der Waals surface area (Å²) < 4.78 is 13.8. The Hall–Kier alpha value is -2.24. The van der Waals surface area contributed by atoms with Gasteiger partial charge in [0.2, 0.25) is 12.3 Å². The summed E-state index contributed by atoms with van der Waals surface area (Å²) in [4.78, 5) is 34.1. The van der Waals surface area contributed by atoms with E-state index in [0.29, 0.717) is 35.9 Å². The lowest BCUT2D eigenvalue weighted by Crippen LogP contribution is -2.43. The minimum atomic E-state index is -0.628. The summed E-state index contributed by atoms with van der Waals surface area (Å²) in [7, 11) is 0. The molecule has 0 saturated carbocycles. The van der Waals surface area contributed by atoms with Crippen molar-refractivity contribution in [1.82, 2.24) is 5.32 Å². The summed E-state index contributed by atoms with van der Waals surface area (Å²) in [5.41, 5.74) is 1.45. The molecule has 1 aliphatic carbocycles. The zero-order valence-electron chi connectivity index (χ0n) is 11.2. The van der Waals surface area contributed by atoms with Crippen molar-refractivity contribution in [3.63, 3.8) is 0 Å². The normalized spacial score (nSPS) is 17.4. The molecule has 5 nitrogen and oxygen atoms in total. The van der Waals surface area contributed by atoms with Gasteiger partial charge in [-0.2, -0.15) is 0 Å². The van der Waals surface area contributed by atoms with Crippen LogP contribution < -0.4 is 10.6 Å². The minimum Gasteiger partial charge on any atom is -0.346 e. The molecule has 0 aromatic heterocycles. The van der Waals surface area contributed by atoms with Gasteiger partial charge in [0.25, 0.3) is 0 Å². The number of benzene rings is 1. The zero-order valence-corrected chi connectivity index (χ0v) is 11.2. The Morgan fingerprint density at radius 1 is 1.50 bits per heavy atom. The first kappa shape index (κ1) is 14.2. The van der Waals surface area contributed by atoms with E-state index in [0.717, 1.165) is 6.07 Å². The van der Waals surface area contributed by atoms with Crippen LogP contribution in [0, 0.1) is 12.7 Å². The van der Waals surface area contributed by atoms with Gasteiger partial charge in [-0.3, -0.25) is 14.4 Å². The van der Waals surface area contributed by atoms with Crippen molar-refractivity contribution >= 4 is 23.8 Å². The van der Waals surface area contributed by atoms with Crippen molar-refractivity contribution < 1.29 is 18.8 Å². The molecule has 20 heavy (non-hydrogen) atoms. The number of hydrogen-bond acceptors (Lipinski definition) is 3. The molecule has 2 N–H and O–H groups in total. The second kappa shape index (κ2) is 5.40. The number of Topliss-reactive ketones (excluding diaryl/α,β-unsaturated/α-hetero) is 1. The Balaban J connectivity index is 2.52. The molecule has 2 rings (SSSR count). The summed E-state index contributed by atoms with van der Waals surface area (Å²) in [6.07, 6.45) is 1.30. The summed E-state index contributed by atoms with van der Waals surface area (Å²) in [6.45, 7) is 2.94. The van der Waals surface area contributed by atoms with Crippen LogP contribution >= 0.6 is 0 Å². The molecule has 0 bridgehead atoms. The van der Waals surface area contributed by atoms with Gasteiger partial charge >= 0.3 is 0 Å². The monoisotopic (exact) mass is 278 g/mol. The van der Waals surface area contributed by atoms with Gasteiger partial charge < -0.3 is 10.6 Å². The van der Waals surface area contributed by atoms with Gasteiger partial charge in [-0.25, -0.2) is 4.39 Å². The predicted molar refractivity (Wildman–Crippen MR) is 71.1 cm³/mol. The number of rotatable bonds is 3. The Kier molecular flexibility index (Phi) is 3.83. The number of anilines is 1. The number of fused-ring (bicyclic) bond motifs is 1. The van der Waals surface area contributed by atoms with Gasteiger partial charge in [-0.15, -0.1) is 0 Å². The molecule has 0 spiro atoms. The topological polar surface area (TPSA) is 75.3 Å². The lowest BCUT2D eigenvalue weighted by Gasteiger charge is -2.27. The highest BCUT2D eigenvalue weighted by Gasteiger charge is 2.32. The number of amides is 2. The summed E-state index contributed by atoms with van der Waals surface area (Å²) >= 11 is 0. The third-order valence-corrected chi connectivity index (χ3v) is 3.49. The van der Waals surface area contributed by atoms with Crippen molar-refractivity contribution in [3.05, 3.63) is 28.6 Å². The lowest BCUT2D eigenvalue weighted by atomic mass is 9.83. The molecule has 2 amide bonds. The maximum Gasteiger partial charge on any atom is 0.217 e. The number of ketones is 1. The molecule has 6 heteroatoms. The summed E-state index contributed by atoms with van der Waals surface area (Å²) in [5, 5.41) is 4.93. The van der Waals surface area contributed by atoms with Gasteiger partial charge in [0.15, 0.2) is 5.78 Å². The van der Waals surface area contributed by atoms with E-state index in [1.165, 1.54) is 6.92 Å². The molecule has 0 fully saturated rings. The Morgan fingerprint density at radius 2 is 2.20 bits per heavy atom. The highest BCUT2D eigenvalue weighted by Crippen LogP contribution is 2.32.